The number of hydrogen-bond acceptors (Lipinski definition) is 8. The van der Waals surface area contributed by atoms with E-state index in [1.807, 2.05) is 12.1 Å². The standard InChI is InChI=1S/C19H23N3O2S3Si/c1-23-18-7-3-16(4-8-18)17-5-9-19(10-6-17)24-11-2-12-28(20-13-25,21-14-26)22-15-27/h3-4,7-8,17,19H,2,5-6,9-12H2,1H3/t17-,19-. The van der Waals surface area contributed by atoms with E-state index in [9.17, 15) is 0 Å². The Kier molecular flexibility index (Phi) is 9.99. The predicted molar refractivity (Wildman–Crippen MR) is 124 cm³/mol. The Hall–Kier alpha value is -1.40. The van der Waals surface area contributed by atoms with E-state index in [0.29, 0.717) is 24.7 Å². The minimum atomic E-state index is -2.81. The lowest BCUT2D eigenvalue weighted by atomic mass is 9.83. The molecule has 0 atom stereocenters. The van der Waals surface area contributed by atoms with Crippen molar-refractivity contribution in [1.29, 1.82) is 0 Å². The van der Waals surface area contributed by atoms with Crippen LogP contribution in [0.3, 0.4) is 0 Å². The summed E-state index contributed by atoms with van der Waals surface area (Å²) in [6.45, 7) is 0.624. The Labute approximate surface area is 183 Å². The van der Waals surface area contributed by atoms with E-state index in [-0.39, 0.29) is 0 Å². The van der Waals surface area contributed by atoms with E-state index in [2.05, 4.69) is 41.6 Å². The van der Waals surface area contributed by atoms with Crippen LogP contribution in [-0.4, -0.2) is 43.9 Å². The summed E-state index contributed by atoms with van der Waals surface area (Å²) in [4.78, 5) is 0. The van der Waals surface area contributed by atoms with Gasteiger partial charge in [0.25, 0.3) is 0 Å². The smallest absolute Gasteiger partial charge is 0.461 e. The molecule has 0 spiro atoms. The molecule has 0 N–H and O–H groups in total. The summed E-state index contributed by atoms with van der Waals surface area (Å²) in [6.07, 6.45) is 5.44. The van der Waals surface area contributed by atoms with Gasteiger partial charge in [-0.15, -0.1) is 0 Å². The third-order valence-electron chi connectivity index (χ3n) is 4.95. The molecule has 1 saturated carbocycles. The number of hydrogen-bond donors (Lipinski definition) is 0. The van der Waals surface area contributed by atoms with Crippen LogP contribution in [-0.2, 0) is 4.74 Å². The number of nitrogens with zero attached hydrogens (tertiary/aromatic N) is 3. The van der Waals surface area contributed by atoms with Gasteiger partial charge in [0, 0.05) is 12.7 Å². The molecule has 0 amide bonds. The van der Waals surface area contributed by atoms with Crippen molar-refractivity contribution in [2.24, 2.45) is 14.0 Å². The van der Waals surface area contributed by atoms with Crippen molar-refractivity contribution < 1.29 is 9.47 Å². The molecule has 28 heavy (non-hydrogen) atoms. The lowest BCUT2D eigenvalue weighted by molar-refractivity contribution is 0.0250. The topological polar surface area (TPSA) is 55.5 Å². The number of methoxy groups -OCH3 is 1. The fourth-order valence-electron chi connectivity index (χ4n) is 3.46. The molecule has 0 aromatic heterocycles. The summed E-state index contributed by atoms with van der Waals surface area (Å²) < 4.78 is 23.7. The van der Waals surface area contributed by atoms with E-state index in [0.717, 1.165) is 37.9 Å². The van der Waals surface area contributed by atoms with Crippen molar-refractivity contribution in [3.05, 3.63) is 29.8 Å². The minimum absolute atomic E-state index is 0.294. The SMILES string of the molecule is COc1ccc([C@H]2CC[C@H](OCCC[Si](N=C=S)(N=C=S)N=C=S)CC2)cc1. The molecule has 0 aliphatic heterocycles. The number of thiocarbonyl (C=S) groups is 3. The molecule has 5 nitrogen and oxygen atoms in total. The van der Waals surface area contributed by atoms with Crippen molar-refractivity contribution in [3.8, 4) is 5.75 Å². The van der Waals surface area contributed by atoms with Gasteiger partial charge in [-0.3, -0.25) is 0 Å². The van der Waals surface area contributed by atoms with Gasteiger partial charge in [-0.2, -0.15) is 0 Å². The van der Waals surface area contributed by atoms with E-state index < -0.39 is 8.56 Å². The molecular formula is C19H23N3O2S3Si. The monoisotopic (exact) mass is 449 g/mol. The predicted octanol–water partition coefficient (Wildman–Crippen LogP) is 5.38. The van der Waals surface area contributed by atoms with Gasteiger partial charge in [0.2, 0.25) is 0 Å². The van der Waals surface area contributed by atoms with E-state index in [1.165, 1.54) is 5.56 Å². The largest absolute Gasteiger partial charge is 0.497 e. The number of ether oxygens (including phenoxy) is 2. The molecule has 1 aliphatic carbocycles. The van der Waals surface area contributed by atoms with Gasteiger partial charge in [-0.1, -0.05) is 12.1 Å². The fraction of sp³-hybridized carbons (Fsp3) is 0.526. The summed E-state index contributed by atoms with van der Waals surface area (Å²) in [7, 11) is -1.12. The highest BCUT2D eigenvalue weighted by Crippen LogP contribution is 2.34. The molecule has 1 fully saturated rings. The normalized spacial score (nSPS) is 20.6. The summed E-state index contributed by atoms with van der Waals surface area (Å²) >= 11 is 14.1. The zero-order valence-electron chi connectivity index (χ0n) is 15.8. The van der Waals surface area contributed by atoms with Gasteiger partial charge in [0.15, 0.2) is 0 Å². The maximum Gasteiger partial charge on any atom is 0.461 e. The average Bonchev–Trinajstić information content (AvgIpc) is 2.72. The van der Waals surface area contributed by atoms with Crippen LogP contribution >= 0.6 is 36.7 Å². The first-order valence-corrected chi connectivity index (χ1v) is 12.5. The second kappa shape index (κ2) is 12.2. The molecule has 0 saturated heterocycles. The fourth-order valence-corrected chi connectivity index (χ4v) is 6.32. The van der Waals surface area contributed by atoms with Gasteiger partial charge >= 0.3 is 8.56 Å². The van der Waals surface area contributed by atoms with Crippen LogP contribution in [0.25, 0.3) is 0 Å². The maximum atomic E-state index is 6.07. The average molecular weight is 450 g/mol. The lowest BCUT2D eigenvalue weighted by Gasteiger charge is -2.29. The lowest BCUT2D eigenvalue weighted by Crippen LogP contribution is -2.28. The molecule has 0 radical (unpaired) electrons. The quantitative estimate of drug-likeness (QED) is 0.208. The Bertz CT molecular complexity index is 733. The third kappa shape index (κ3) is 6.89. The molecule has 1 aromatic rings. The number of rotatable bonds is 10. The Morgan fingerprint density at radius 1 is 0.964 bits per heavy atom. The Balaban J connectivity index is 1.78. The summed E-state index contributed by atoms with van der Waals surface area (Å²) in [5.74, 6) is 1.49. The summed E-state index contributed by atoms with van der Waals surface area (Å²) in [5, 5.41) is 7.07. The van der Waals surface area contributed by atoms with Gasteiger partial charge in [0.05, 0.1) is 28.7 Å². The molecule has 0 bridgehead atoms. The summed E-state index contributed by atoms with van der Waals surface area (Å²) in [5.41, 5.74) is 1.38. The van der Waals surface area contributed by atoms with Crippen molar-refractivity contribution in [3.63, 3.8) is 0 Å². The number of benzene rings is 1. The van der Waals surface area contributed by atoms with Crippen molar-refractivity contribution in [2.45, 2.75) is 50.2 Å². The van der Waals surface area contributed by atoms with Crippen LogP contribution in [0.5, 0.6) is 5.75 Å². The molecule has 9 heteroatoms. The molecule has 1 aliphatic rings. The highest BCUT2D eigenvalue weighted by molar-refractivity contribution is 7.78. The molecule has 1 aromatic carbocycles. The minimum Gasteiger partial charge on any atom is -0.497 e. The molecule has 148 valence electrons. The van der Waals surface area contributed by atoms with Crippen LogP contribution in [0.4, 0.5) is 0 Å². The number of isothiocyanates is 3. The Morgan fingerprint density at radius 2 is 1.54 bits per heavy atom. The van der Waals surface area contributed by atoms with Gasteiger partial charge in [0.1, 0.15) is 5.75 Å². The maximum absolute atomic E-state index is 6.07. The van der Waals surface area contributed by atoms with Crippen LogP contribution in [0, 0.1) is 0 Å². The van der Waals surface area contributed by atoms with Crippen molar-refractivity contribution in [1.82, 2.24) is 0 Å². The first-order chi connectivity index (χ1) is 13.7. The molecular weight excluding hydrogens is 427 g/mol. The van der Waals surface area contributed by atoms with Crippen LogP contribution in [0.1, 0.15) is 43.6 Å². The third-order valence-corrected chi connectivity index (χ3v) is 8.14. The zero-order valence-corrected chi connectivity index (χ0v) is 19.2. The van der Waals surface area contributed by atoms with E-state index >= 15 is 0 Å². The summed E-state index contributed by atoms with van der Waals surface area (Å²) in [6, 6.07) is 8.99. The highest BCUT2D eigenvalue weighted by Gasteiger charge is 2.34. The van der Waals surface area contributed by atoms with Crippen molar-refractivity contribution in [2.75, 3.05) is 13.7 Å². The van der Waals surface area contributed by atoms with Gasteiger partial charge < -0.3 is 9.47 Å². The second-order valence-electron chi connectivity index (χ2n) is 6.60. The van der Waals surface area contributed by atoms with Gasteiger partial charge in [-0.05, 0) is 92.4 Å². The second-order valence-corrected chi connectivity index (χ2v) is 9.87. The molecule has 0 heterocycles. The highest BCUT2D eigenvalue weighted by atomic mass is 32.1. The van der Waals surface area contributed by atoms with Crippen LogP contribution in [0.2, 0.25) is 6.04 Å². The van der Waals surface area contributed by atoms with Crippen LogP contribution in [0.15, 0.2) is 38.2 Å². The Morgan fingerprint density at radius 3 is 2.04 bits per heavy atom. The molecule has 2 rings (SSSR count). The van der Waals surface area contributed by atoms with Gasteiger partial charge in [-0.25, -0.2) is 14.0 Å². The first-order valence-electron chi connectivity index (χ1n) is 9.19. The molecule has 0 unspecified atom stereocenters. The zero-order chi connectivity index (χ0) is 20.2. The van der Waals surface area contributed by atoms with E-state index in [4.69, 9.17) is 46.1 Å². The van der Waals surface area contributed by atoms with E-state index in [1.54, 1.807) is 7.11 Å². The van der Waals surface area contributed by atoms with Crippen molar-refractivity contribution >= 4 is 60.7 Å². The van der Waals surface area contributed by atoms with Crippen LogP contribution < -0.4 is 4.74 Å². The first kappa shape index (κ1) is 22.9.